The largest absolute Gasteiger partial charge is 0.325 e. The lowest BCUT2D eigenvalue weighted by Gasteiger charge is -2.22. The number of nitrogens with zero attached hydrogens (tertiary/aromatic N) is 1. The lowest BCUT2D eigenvalue weighted by atomic mass is 10.1. The SMILES string of the molecule is Cc1ccc(C)c(NC(=O)CN(Cc2ccc(Br)cc2)S(=O)(=O)c2ccc(Cl)cc2)c1. The zero-order valence-electron chi connectivity index (χ0n) is 17.1. The van der Waals surface area contributed by atoms with Crippen molar-refractivity contribution in [3.05, 3.63) is 92.9 Å². The standard InChI is InChI=1S/C23H22BrClN2O3S/c1-16-3-4-17(2)22(13-16)26-23(28)15-27(14-18-5-7-19(24)8-6-18)31(29,30)21-11-9-20(25)10-12-21/h3-13H,14-15H2,1-2H3,(H,26,28). The molecule has 0 aliphatic carbocycles. The van der Waals surface area contributed by atoms with Crippen LogP contribution in [0, 0.1) is 13.8 Å². The van der Waals surface area contributed by atoms with Crippen LogP contribution in [0.5, 0.6) is 0 Å². The molecule has 8 heteroatoms. The van der Waals surface area contributed by atoms with E-state index in [1.54, 1.807) is 0 Å². The summed E-state index contributed by atoms with van der Waals surface area (Å²) in [6.07, 6.45) is 0. The van der Waals surface area contributed by atoms with Gasteiger partial charge in [-0.25, -0.2) is 8.42 Å². The van der Waals surface area contributed by atoms with Crippen molar-refractivity contribution in [3.8, 4) is 0 Å². The number of halogens is 2. The van der Waals surface area contributed by atoms with Crippen molar-refractivity contribution in [3.63, 3.8) is 0 Å². The molecule has 0 radical (unpaired) electrons. The average molecular weight is 522 g/mol. The number of anilines is 1. The van der Waals surface area contributed by atoms with E-state index in [-0.39, 0.29) is 18.0 Å². The number of carbonyl (C=O) groups is 1. The van der Waals surface area contributed by atoms with Crippen molar-refractivity contribution in [1.29, 1.82) is 0 Å². The topological polar surface area (TPSA) is 66.5 Å². The number of sulfonamides is 1. The van der Waals surface area contributed by atoms with Gasteiger partial charge in [-0.1, -0.05) is 51.8 Å². The second-order valence-electron chi connectivity index (χ2n) is 7.22. The fourth-order valence-corrected chi connectivity index (χ4v) is 4.77. The number of carbonyl (C=O) groups excluding carboxylic acids is 1. The van der Waals surface area contributed by atoms with E-state index < -0.39 is 15.9 Å². The van der Waals surface area contributed by atoms with Crippen LogP contribution in [0.2, 0.25) is 5.02 Å². The number of nitrogens with one attached hydrogen (secondary N) is 1. The van der Waals surface area contributed by atoms with Gasteiger partial charge >= 0.3 is 0 Å². The van der Waals surface area contributed by atoms with Gasteiger partial charge in [0.05, 0.1) is 11.4 Å². The van der Waals surface area contributed by atoms with E-state index in [2.05, 4.69) is 21.2 Å². The predicted molar refractivity (Wildman–Crippen MR) is 128 cm³/mol. The highest BCUT2D eigenvalue weighted by Crippen LogP contribution is 2.22. The molecule has 0 aromatic heterocycles. The van der Waals surface area contributed by atoms with E-state index >= 15 is 0 Å². The summed E-state index contributed by atoms with van der Waals surface area (Å²) in [7, 11) is -3.93. The van der Waals surface area contributed by atoms with Crippen LogP contribution in [0.3, 0.4) is 0 Å². The average Bonchev–Trinajstić information content (AvgIpc) is 2.72. The summed E-state index contributed by atoms with van der Waals surface area (Å²) in [6, 6.07) is 18.9. The second kappa shape index (κ2) is 9.96. The van der Waals surface area contributed by atoms with Gasteiger partial charge in [-0.15, -0.1) is 0 Å². The Balaban J connectivity index is 1.89. The maximum absolute atomic E-state index is 13.3. The summed E-state index contributed by atoms with van der Waals surface area (Å²) in [4.78, 5) is 12.9. The normalized spacial score (nSPS) is 11.5. The number of benzene rings is 3. The number of hydrogen-bond acceptors (Lipinski definition) is 3. The van der Waals surface area contributed by atoms with Crippen LogP contribution in [-0.4, -0.2) is 25.2 Å². The molecule has 0 aliphatic heterocycles. The minimum Gasteiger partial charge on any atom is -0.325 e. The molecule has 0 bridgehead atoms. The highest BCUT2D eigenvalue weighted by Gasteiger charge is 2.27. The van der Waals surface area contributed by atoms with Gasteiger partial charge in [-0.2, -0.15) is 4.31 Å². The van der Waals surface area contributed by atoms with Crippen LogP contribution in [0.4, 0.5) is 5.69 Å². The quantitative estimate of drug-likeness (QED) is 0.443. The minimum absolute atomic E-state index is 0.0540. The van der Waals surface area contributed by atoms with Crippen molar-refractivity contribution >= 4 is 49.1 Å². The van der Waals surface area contributed by atoms with Gasteiger partial charge in [0, 0.05) is 21.7 Å². The second-order valence-corrected chi connectivity index (χ2v) is 10.5. The van der Waals surface area contributed by atoms with Crippen molar-refractivity contribution in [1.82, 2.24) is 4.31 Å². The molecule has 162 valence electrons. The Morgan fingerprint density at radius 1 is 1.00 bits per heavy atom. The summed E-state index contributed by atoms with van der Waals surface area (Å²) in [5.41, 5.74) is 3.33. The molecule has 31 heavy (non-hydrogen) atoms. The van der Waals surface area contributed by atoms with Gasteiger partial charge in [0.2, 0.25) is 15.9 Å². The first-order chi connectivity index (χ1) is 14.6. The summed E-state index contributed by atoms with van der Waals surface area (Å²) >= 11 is 9.29. The molecular formula is C23H22BrClN2O3S. The molecule has 0 heterocycles. The maximum atomic E-state index is 13.3. The molecule has 0 saturated heterocycles. The number of aryl methyl sites for hydroxylation is 2. The zero-order valence-corrected chi connectivity index (χ0v) is 20.3. The van der Waals surface area contributed by atoms with E-state index in [0.717, 1.165) is 21.2 Å². The van der Waals surface area contributed by atoms with Gasteiger partial charge in [-0.3, -0.25) is 4.79 Å². The monoisotopic (exact) mass is 520 g/mol. The summed E-state index contributed by atoms with van der Waals surface area (Å²) in [5.74, 6) is -0.414. The summed E-state index contributed by atoms with van der Waals surface area (Å²) in [5, 5.41) is 3.27. The van der Waals surface area contributed by atoms with Gasteiger partial charge in [-0.05, 0) is 73.0 Å². The highest BCUT2D eigenvalue weighted by molar-refractivity contribution is 9.10. The fraction of sp³-hybridized carbons (Fsp3) is 0.174. The number of rotatable bonds is 7. The zero-order chi connectivity index (χ0) is 22.6. The van der Waals surface area contributed by atoms with Crippen LogP contribution in [-0.2, 0) is 21.4 Å². The molecule has 0 atom stereocenters. The molecule has 0 saturated carbocycles. The Morgan fingerprint density at radius 3 is 2.29 bits per heavy atom. The van der Waals surface area contributed by atoms with Crippen LogP contribution in [0.1, 0.15) is 16.7 Å². The number of amides is 1. The Morgan fingerprint density at radius 2 is 1.65 bits per heavy atom. The van der Waals surface area contributed by atoms with Crippen LogP contribution in [0.15, 0.2) is 76.1 Å². The first kappa shape index (κ1) is 23.5. The van der Waals surface area contributed by atoms with E-state index in [1.165, 1.54) is 28.6 Å². The molecule has 1 N–H and O–H groups in total. The molecule has 3 aromatic rings. The van der Waals surface area contributed by atoms with Crippen molar-refractivity contribution in [2.75, 3.05) is 11.9 Å². The van der Waals surface area contributed by atoms with Crippen LogP contribution in [0.25, 0.3) is 0 Å². The van der Waals surface area contributed by atoms with Gasteiger partial charge in [0.15, 0.2) is 0 Å². The van der Waals surface area contributed by atoms with Crippen LogP contribution >= 0.6 is 27.5 Å². The fourth-order valence-electron chi connectivity index (χ4n) is 3.00. The predicted octanol–water partition coefficient (Wildman–Crippen LogP) is 5.55. The highest BCUT2D eigenvalue weighted by atomic mass is 79.9. The van der Waals surface area contributed by atoms with E-state index in [1.807, 2.05) is 56.3 Å². The Hall–Kier alpha value is -2.19. The third-order valence-electron chi connectivity index (χ3n) is 4.71. The van der Waals surface area contributed by atoms with E-state index in [9.17, 15) is 13.2 Å². The molecule has 0 fully saturated rings. The van der Waals surface area contributed by atoms with Crippen LogP contribution < -0.4 is 5.32 Å². The first-order valence-electron chi connectivity index (χ1n) is 9.52. The van der Waals surface area contributed by atoms with Gasteiger partial charge in [0.1, 0.15) is 0 Å². The maximum Gasteiger partial charge on any atom is 0.243 e. The Bertz CT molecular complexity index is 1180. The molecule has 0 aliphatic rings. The Labute approximate surface area is 196 Å². The molecule has 0 spiro atoms. The lowest BCUT2D eigenvalue weighted by Crippen LogP contribution is -2.37. The Kier molecular flexibility index (Phi) is 7.54. The lowest BCUT2D eigenvalue weighted by molar-refractivity contribution is -0.116. The van der Waals surface area contributed by atoms with Gasteiger partial charge < -0.3 is 5.32 Å². The molecule has 1 amide bonds. The smallest absolute Gasteiger partial charge is 0.243 e. The van der Waals surface area contributed by atoms with Crippen molar-refractivity contribution in [2.24, 2.45) is 0 Å². The number of hydrogen-bond donors (Lipinski definition) is 1. The molecule has 0 unspecified atom stereocenters. The van der Waals surface area contributed by atoms with Gasteiger partial charge in [0.25, 0.3) is 0 Å². The van der Waals surface area contributed by atoms with Crippen molar-refractivity contribution in [2.45, 2.75) is 25.3 Å². The first-order valence-corrected chi connectivity index (χ1v) is 12.1. The molecule has 3 rings (SSSR count). The molecular weight excluding hydrogens is 500 g/mol. The third-order valence-corrected chi connectivity index (χ3v) is 7.30. The molecule has 5 nitrogen and oxygen atoms in total. The summed E-state index contributed by atoms with van der Waals surface area (Å²) < 4.78 is 28.7. The van der Waals surface area contributed by atoms with Crippen molar-refractivity contribution < 1.29 is 13.2 Å². The molecule has 3 aromatic carbocycles. The third kappa shape index (κ3) is 6.17. The van der Waals surface area contributed by atoms with E-state index in [4.69, 9.17) is 11.6 Å². The summed E-state index contributed by atoms with van der Waals surface area (Å²) in [6.45, 7) is 3.55. The van der Waals surface area contributed by atoms with E-state index in [0.29, 0.717) is 10.7 Å². The minimum atomic E-state index is -3.93.